The SMILES string of the molecule is CCOCCCNC(=O)Nc1ccc2c(c1)C(=O)N(C(C)(C)C)C2=O. The summed E-state index contributed by atoms with van der Waals surface area (Å²) >= 11 is 0. The number of hydrogen-bond acceptors (Lipinski definition) is 4. The van der Waals surface area contributed by atoms with E-state index in [0.29, 0.717) is 36.6 Å². The molecule has 1 aromatic rings. The van der Waals surface area contributed by atoms with E-state index in [0.717, 1.165) is 6.42 Å². The van der Waals surface area contributed by atoms with Gasteiger partial charge in [0.25, 0.3) is 11.8 Å². The van der Waals surface area contributed by atoms with Gasteiger partial charge in [0, 0.05) is 31.0 Å². The van der Waals surface area contributed by atoms with Gasteiger partial charge in [-0.1, -0.05) is 0 Å². The highest BCUT2D eigenvalue weighted by molar-refractivity contribution is 6.22. The number of nitrogens with one attached hydrogen (secondary N) is 2. The molecule has 4 amide bonds. The van der Waals surface area contributed by atoms with Crippen LogP contribution in [0.1, 0.15) is 54.8 Å². The van der Waals surface area contributed by atoms with Gasteiger partial charge in [0.15, 0.2) is 0 Å². The van der Waals surface area contributed by atoms with Crippen molar-refractivity contribution in [3.8, 4) is 0 Å². The number of anilines is 1. The van der Waals surface area contributed by atoms with Crippen LogP contribution in [0.2, 0.25) is 0 Å². The van der Waals surface area contributed by atoms with Crippen LogP contribution in [0.25, 0.3) is 0 Å². The molecule has 0 atom stereocenters. The number of urea groups is 1. The summed E-state index contributed by atoms with van der Waals surface area (Å²) in [5.74, 6) is -0.646. The first-order valence-electron chi connectivity index (χ1n) is 8.41. The highest BCUT2D eigenvalue weighted by Crippen LogP contribution is 2.30. The Morgan fingerprint density at radius 1 is 1.16 bits per heavy atom. The molecule has 7 heteroatoms. The smallest absolute Gasteiger partial charge is 0.319 e. The first-order valence-corrected chi connectivity index (χ1v) is 8.41. The molecule has 1 heterocycles. The lowest BCUT2D eigenvalue weighted by Crippen LogP contribution is -2.45. The zero-order valence-corrected chi connectivity index (χ0v) is 15.1. The van der Waals surface area contributed by atoms with E-state index in [2.05, 4.69) is 10.6 Å². The second-order valence-corrected chi connectivity index (χ2v) is 6.81. The van der Waals surface area contributed by atoms with Gasteiger partial charge >= 0.3 is 6.03 Å². The molecule has 0 aromatic heterocycles. The van der Waals surface area contributed by atoms with Crippen molar-refractivity contribution in [3.63, 3.8) is 0 Å². The minimum absolute atomic E-state index is 0.306. The summed E-state index contributed by atoms with van der Waals surface area (Å²) in [6.07, 6.45) is 0.721. The van der Waals surface area contributed by atoms with Gasteiger partial charge < -0.3 is 15.4 Å². The lowest BCUT2D eigenvalue weighted by molar-refractivity contribution is 0.0507. The summed E-state index contributed by atoms with van der Waals surface area (Å²) in [5, 5.41) is 5.40. The van der Waals surface area contributed by atoms with Gasteiger partial charge in [-0.15, -0.1) is 0 Å². The molecule has 0 unspecified atom stereocenters. The second-order valence-electron chi connectivity index (χ2n) is 6.81. The molecule has 25 heavy (non-hydrogen) atoms. The Morgan fingerprint density at radius 3 is 2.48 bits per heavy atom. The molecule has 0 radical (unpaired) electrons. The maximum Gasteiger partial charge on any atom is 0.319 e. The number of amides is 4. The summed E-state index contributed by atoms with van der Waals surface area (Å²) in [4.78, 5) is 38.1. The number of fused-ring (bicyclic) bond motifs is 1. The predicted molar refractivity (Wildman–Crippen MR) is 94.8 cm³/mol. The number of rotatable bonds is 6. The fourth-order valence-corrected chi connectivity index (χ4v) is 2.62. The zero-order valence-electron chi connectivity index (χ0n) is 15.1. The third-order valence-electron chi connectivity index (χ3n) is 3.77. The lowest BCUT2D eigenvalue weighted by atomic mass is 10.1. The molecule has 2 rings (SSSR count). The van der Waals surface area contributed by atoms with Gasteiger partial charge in [-0.05, 0) is 52.3 Å². The summed E-state index contributed by atoms with van der Waals surface area (Å²) in [6.45, 7) is 9.08. The summed E-state index contributed by atoms with van der Waals surface area (Å²) in [5.41, 5.74) is 0.549. The van der Waals surface area contributed by atoms with Crippen LogP contribution >= 0.6 is 0 Å². The largest absolute Gasteiger partial charge is 0.382 e. The molecule has 0 fully saturated rings. The average Bonchev–Trinajstić information content (AvgIpc) is 2.78. The quantitative estimate of drug-likeness (QED) is 0.612. The van der Waals surface area contributed by atoms with Crippen molar-refractivity contribution in [2.75, 3.05) is 25.1 Å². The zero-order chi connectivity index (χ0) is 18.6. The number of ether oxygens (including phenoxy) is 1. The van der Waals surface area contributed by atoms with Gasteiger partial charge in [-0.25, -0.2) is 4.79 Å². The number of imide groups is 1. The van der Waals surface area contributed by atoms with E-state index in [1.165, 1.54) is 4.90 Å². The van der Waals surface area contributed by atoms with Crippen LogP contribution in [0.3, 0.4) is 0 Å². The number of hydrogen-bond donors (Lipinski definition) is 2. The van der Waals surface area contributed by atoms with Gasteiger partial charge in [0.2, 0.25) is 0 Å². The van der Waals surface area contributed by atoms with Crippen LogP contribution in [-0.4, -0.2) is 48.0 Å². The topological polar surface area (TPSA) is 87.7 Å². The minimum Gasteiger partial charge on any atom is -0.382 e. The third-order valence-corrected chi connectivity index (χ3v) is 3.77. The number of benzene rings is 1. The predicted octanol–water partition coefficient (Wildman–Crippen LogP) is 2.63. The summed E-state index contributed by atoms with van der Waals surface area (Å²) < 4.78 is 5.20. The fourth-order valence-electron chi connectivity index (χ4n) is 2.62. The van der Waals surface area contributed by atoms with Crippen LogP contribution in [0.4, 0.5) is 10.5 Å². The second kappa shape index (κ2) is 7.65. The van der Waals surface area contributed by atoms with Gasteiger partial charge in [0.1, 0.15) is 0 Å². The van der Waals surface area contributed by atoms with Crippen LogP contribution < -0.4 is 10.6 Å². The molecule has 2 N–H and O–H groups in total. The van der Waals surface area contributed by atoms with Crippen LogP contribution in [-0.2, 0) is 4.74 Å². The molecule has 1 aliphatic heterocycles. The first kappa shape index (κ1) is 18.9. The monoisotopic (exact) mass is 347 g/mol. The van der Waals surface area contributed by atoms with Crippen molar-refractivity contribution in [1.82, 2.24) is 10.2 Å². The highest BCUT2D eigenvalue weighted by Gasteiger charge is 2.41. The highest BCUT2D eigenvalue weighted by atomic mass is 16.5. The van der Waals surface area contributed by atoms with E-state index >= 15 is 0 Å². The minimum atomic E-state index is -0.598. The molecule has 0 bridgehead atoms. The van der Waals surface area contributed by atoms with Crippen molar-refractivity contribution in [2.45, 2.75) is 39.7 Å². The maximum absolute atomic E-state index is 12.5. The van der Waals surface area contributed by atoms with Gasteiger partial charge in [-0.3, -0.25) is 14.5 Å². The number of carbonyl (C=O) groups is 3. The Balaban J connectivity index is 2.01. The first-order chi connectivity index (χ1) is 11.8. The Kier molecular flexibility index (Phi) is 5.79. The van der Waals surface area contributed by atoms with Crippen LogP contribution in [0, 0.1) is 0 Å². The Hall–Kier alpha value is -2.41. The van der Waals surface area contributed by atoms with E-state index in [1.54, 1.807) is 18.2 Å². The van der Waals surface area contributed by atoms with Crippen LogP contribution in [0.15, 0.2) is 18.2 Å². The molecule has 0 aliphatic carbocycles. The number of carbonyl (C=O) groups excluding carboxylic acids is 3. The van der Waals surface area contributed by atoms with Crippen molar-refractivity contribution < 1.29 is 19.1 Å². The molecular weight excluding hydrogens is 322 g/mol. The van der Waals surface area contributed by atoms with E-state index in [1.807, 2.05) is 27.7 Å². The van der Waals surface area contributed by atoms with Crippen molar-refractivity contribution >= 4 is 23.5 Å². The van der Waals surface area contributed by atoms with E-state index in [9.17, 15) is 14.4 Å². The number of nitrogens with zero attached hydrogens (tertiary/aromatic N) is 1. The molecular formula is C18H25N3O4. The Morgan fingerprint density at radius 2 is 1.84 bits per heavy atom. The summed E-state index contributed by atoms with van der Waals surface area (Å²) in [7, 11) is 0. The van der Waals surface area contributed by atoms with Gasteiger partial charge in [-0.2, -0.15) is 0 Å². The average molecular weight is 347 g/mol. The van der Waals surface area contributed by atoms with E-state index in [-0.39, 0.29) is 17.8 Å². The maximum atomic E-state index is 12.5. The standard InChI is InChI=1S/C18H25N3O4/c1-5-25-10-6-9-19-17(24)20-12-7-8-13-14(11-12)16(23)21(15(13)22)18(2,3)4/h7-8,11H,5-6,9-10H2,1-4H3,(H2,19,20,24). The van der Waals surface area contributed by atoms with Gasteiger partial charge in [0.05, 0.1) is 11.1 Å². The van der Waals surface area contributed by atoms with Crippen molar-refractivity contribution in [3.05, 3.63) is 29.3 Å². The molecule has 1 aliphatic rings. The Labute approximate surface area is 147 Å². The Bertz CT molecular complexity index is 679. The normalized spacial score (nSPS) is 13.8. The van der Waals surface area contributed by atoms with E-state index < -0.39 is 5.54 Å². The molecule has 0 saturated heterocycles. The molecule has 1 aromatic carbocycles. The molecule has 0 spiro atoms. The third kappa shape index (κ3) is 4.36. The van der Waals surface area contributed by atoms with Crippen molar-refractivity contribution in [1.29, 1.82) is 0 Å². The fraction of sp³-hybridized carbons (Fsp3) is 0.500. The lowest BCUT2D eigenvalue weighted by Gasteiger charge is -2.29. The molecule has 0 saturated carbocycles. The summed E-state index contributed by atoms with van der Waals surface area (Å²) in [6, 6.07) is 4.38. The molecule has 136 valence electrons. The van der Waals surface area contributed by atoms with E-state index in [4.69, 9.17) is 4.74 Å². The van der Waals surface area contributed by atoms with Crippen LogP contribution in [0.5, 0.6) is 0 Å². The molecule has 7 nitrogen and oxygen atoms in total. The van der Waals surface area contributed by atoms with Crippen molar-refractivity contribution in [2.24, 2.45) is 0 Å².